The number of rotatable bonds is 2. The molecule has 4 nitrogen and oxygen atoms in total. The predicted molar refractivity (Wildman–Crippen MR) is 35.5 cm³/mol. The Morgan fingerprint density at radius 1 is 1.50 bits per heavy atom. The Labute approximate surface area is 58.8 Å². The molecular formula is C6H10N2O2. The molecule has 1 rings (SSSR count). The summed E-state index contributed by atoms with van der Waals surface area (Å²) in [6.45, 7) is 2.53. The third-order valence-corrected chi connectivity index (χ3v) is 1.61. The monoisotopic (exact) mass is 142 g/mol. The highest BCUT2D eigenvalue weighted by molar-refractivity contribution is 6.48. The maximum atomic E-state index is 10.7. The lowest BCUT2D eigenvalue weighted by atomic mass is 9.84. The van der Waals surface area contributed by atoms with Crippen LogP contribution in [0.25, 0.3) is 0 Å². The summed E-state index contributed by atoms with van der Waals surface area (Å²) in [5.74, 6) is -0.833. The van der Waals surface area contributed by atoms with E-state index in [-0.39, 0.29) is 5.78 Å². The molecule has 0 spiro atoms. The fourth-order valence-corrected chi connectivity index (χ4v) is 0.975. The van der Waals surface area contributed by atoms with Gasteiger partial charge in [-0.1, -0.05) is 6.92 Å². The zero-order valence-electron chi connectivity index (χ0n) is 5.76. The van der Waals surface area contributed by atoms with Crippen molar-refractivity contribution in [3.63, 3.8) is 0 Å². The molecule has 56 valence electrons. The number of Topliss-reactive ketones (excluding diaryl/α,β-unsaturated/α-hetero) is 2. The van der Waals surface area contributed by atoms with Gasteiger partial charge in [0.25, 0.3) is 0 Å². The molecule has 3 N–H and O–H groups in total. The number of nitrogens with one attached hydrogen (secondary N) is 1. The summed E-state index contributed by atoms with van der Waals surface area (Å²) in [6.07, 6.45) is 0. The minimum atomic E-state index is -0.604. The number of likely N-dealkylation sites (N-methyl/N-ethyl adjacent to an activating group) is 1. The van der Waals surface area contributed by atoms with Gasteiger partial charge in [0.15, 0.2) is 0 Å². The summed E-state index contributed by atoms with van der Waals surface area (Å²) < 4.78 is 0. The van der Waals surface area contributed by atoms with E-state index in [0.717, 1.165) is 0 Å². The fourth-order valence-electron chi connectivity index (χ4n) is 0.975. The summed E-state index contributed by atoms with van der Waals surface area (Å²) in [7, 11) is 0. The minimum absolute atomic E-state index is 0.380. The first-order valence-electron chi connectivity index (χ1n) is 3.25. The van der Waals surface area contributed by atoms with Gasteiger partial charge in [-0.3, -0.25) is 9.59 Å². The zero-order valence-corrected chi connectivity index (χ0v) is 5.76. The second-order valence-electron chi connectivity index (χ2n) is 2.29. The smallest absolute Gasteiger partial charge is 0.219 e. The third kappa shape index (κ3) is 0.853. The lowest BCUT2D eigenvalue weighted by molar-refractivity contribution is -0.146. The zero-order chi connectivity index (χ0) is 7.72. The molecule has 10 heavy (non-hydrogen) atoms. The lowest BCUT2D eigenvalue weighted by Crippen LogP contribution is -2.67. The van der Waals surface area contributed by atoms with E-state index in [1.54, 1.807) is 0 Å². The summed E-state index contributed by atoms with van der Waals surface area (Å²) >= 11 is 0. The van der Waals surface area contributed by atoms with Gasteiger partial charge in [-0.2, -0.15) is 0 Å². The molecule has 0 aromatic rings. The predicted octanol–water partition coefficient (Wildman–Crippen LogP) is -1.56. The van der Waals surface area contributed by atoms with Crippen molar-refractivity contribution in [1.29, 1.82) is 0 Å². The van der Waals surface area contributed by atoms with Crippen LogP contribution < -0.4 is 11.1 Å². The van der Waals surface area contributed by atoms with Crippen molar-refractivity contribution in [2.75, 3.05) is 6.54 Å². The number of hydrogen-bond donors (Lipinski definition) is 2. The highest BCUT2D eigenvalue weighted by atomic mass is 16.2. The first-order valence-corrected chi connectivity index (χ1v) is 3.25. The minimum Gasteiger partial charge on any atom is -0.319 e. The van der Waals surface area contributed by atoms with Crippen molar-refractivity contribution in [3.05, 3.63) is 0 Å². The van der Waals surface area contributed by atoms with E-state index in [4.69, 9.17) is 5.73 Å². The molecule has 0 saturated heterocycles. The summed E-state index contributed by atoms with van der Waals surface area (Å²) in [5.41, 5.74) is 5.31. The molecule has 4 heteroatoms. The van der Waals surface area contributed by atoms with E-state index >= 15 is 0 Å². The third-order valence-electron chi connectivity index (χ3n) is 1.61. The molecule has 1 saturated carbocycles. The standard InChI is InChI=1S/C6H10N2O2/c1-2-8-4-3(7)5(9)6(4)10/h3-4,8H,2,7H2,1H3. The van der Waals surface area contributed by atoms with E-state index in [1.807, 2.05) is 6.92 Å². The topological polar surface area (TPSA) is 72.2 Å². The van der Waals surface area contributed by atoms with Gasteiger partial charge in [-0.15, -0.1) is 0 Å². The van der Waals surface area contributed by atoms with Crippen molar-refractivity contribution in [1.82, 2.24) is 5.32 Å². The van der Waals surface area contributed by atoms with Gasteiger partial charge in [-0.25, -0.2) is 0 Å². The van der Waals surface area contributed by atoms with E-state index < -0.39 is 17.9 Å². The molecule has 1 fully saturated rings. The highest BCUT2D eigenvalue weighted by Gasteiger charge is 2.45. The van der Waals surface area contributed by atoms with Crippen molar-refractivity contribution in [3.8, 4) is 0 Å². The van der Waals surface area contributed by atoms with Crippen LogP contribution in [0, 0.1) is 0 Å². The van der Waals surface area contributed by atoms with Crippen LogP contribution in [0.1, 0.15) is 6.92 Å². The van der Waals surface area contributed by atoms with Crippen LogP contribution in [-0.4, -0.2) is 30.2 Å². The molecular weight excluding hydrogens is 132 g/mol. The molecule has 0 aromatic heterocycles. The van der Waals surface area contributed by atoms with Crippen LogP contribution >= 0.6 is 0 Å². The average molecular weight is 142 g/mol. The number of nitrogens with two attached hydrogens (primary N) is 1. The molecule has 0 bridgehead atoms. The van der Waals surface area contributed by atoms with E-state index in [2.05, 4.69) is 5.32 Å². The molecule has 1 aliphatic rings. The lowest BCUT2D eigenvalue weighted by Gasteiger charge is -2.29. The Kier molecular flexibility index (Phi) is 1.82. The van der Waals surface area contributed by atoms with Crippen molar-refractivity contribution in [2.24, 2.45) is 5.73 Å². The Hall–Kier alpha value is -0.740. The van der Waals surface area contributed by atoms with Gasteiger partial charge in [0.1, 0.15) is 0 Å². The van der Waals surface area contributed by atoms with Gasteiger partial charge < -0.3 is 11.1 Å². The first-order chi connectivity index (χ1) is 4.68. The van der Waals surface area contributed by atoms with E-state index in [1.165, 1.54) is 0 Å². The van der Waals surface area contributed by atoms with Gasteiger partial charge in [0.05, 0.1) is 12.1 Å². The molecule has 0 radical (unpaired) electrons. The van der Waals surface area contributed by atoms with Crippen molar-refractivity contribution >= 4 is 11.6 Å². The number of carbonyl (C=O) groups is 2. The van der Waals surface area contributed by atoms with Gasteiger partial charge in [0.2, 0.25) is 11.6 Å². The fraction of sp³-hybridized carbons (Fsp3) is 0.667. The van der Waals surface area contributed by atoms with Crippen molar-refractivity contribution in [2.45, 2.75) is 19.0 Å². The molecule has 0 amide bonds. The maximum Gasteiger partial charge on any atom is 0.219 e. The van der Waals surface area contributed by atoms with Crippen LogP contribution in [0.3, 0.4) is 0 Å². The molecule has 2 unspecified atom stereocenters. The van der Waals surface area contributed by atoms with Crippen LogP contribution in [-0.2, 0) is 9.59 Å². The Bertz CT molecular complexity index is 179. The Morgan fingerprint density at radius 3 is 2.50 bits per heavy atom. The number of ketones is 2. The Balaban J connectivity index is 2.49. The maximum absolute atomic E-state index is 10.7. The normalized spacial score (nSPS) is 32.2. The molecule has 0 aliphatic heterocycles. The van der Waals surface area contributed by atoms with Crippen LogP contribution in [0.5, 0.6) is 0 Å². The van der Waals surface area contributed by atoms with Gasteiger partial charge in [0, 0.05) is 0 Å². The summed E-state index contributed by atoms with van der Waals surface area (Å²) in [5, 5.41) is 2.82. The van der Waals surface area contributed by atoms with Crippen LogP contribution in [0.4, 0.5) is 0 Å². The average Bonchev–Trinajstić information content (AvgIpc) is 1.98. The number of carbonyl (C=O) groups excluding carboxylic acids is 2. The molecule has 2 atom stereocenters. The summed E-state index contributed by atoms with van der Waals surface area (Å²) in [6, 6.07) is -1.02. The SMILES string of the molecule is CCNC1C(=O)C(=O)C1N. The quantitative estimate of drug-likeness (QED) is 0.457. The highest BCUT2D eigenvalue weighted by Crippen LogP contribution is 2.08. The second-order valence-corrected chi connectivity index (χ2v) is 2.29. The largest absolute Gasteiger partial charge is 0.319 e. The van der Waals surface area contributed by atoms with Gasteiger partial charge in [-0.05, 0) is 6.54 Å². The molecule has 0 aromatic carbocycles. The van der Waals surface area contributed by atoms with E-state index in [9.17, 15) is 9.59 Å². The molecule has 0 heterocycles. The van der Waals surface area contributed by atoms with E-state index in [0.29, 0.717) is 6.54 Å². The van der Waals surface area contributed by atoms with Crippen LogP contribution in [0.2, 0.25) is 0 Å². The van der Waals surface area contributed by atoms with Crippen LogP contribution in [0.15, 0.2) is 0 Å². The number of hydrogen-bond acceptors (Lipinski definition) is 4. The summed E-state index contributed by atoms with van der Waals surface area (Å²) in [4.78, 5) is 21.2. The second kappa shape index (κ2) is 2.48. The first kappa shape index (κ1) is 7.37. The van der Waals surface area contributed by atoms with Gasteiger partial charge >= 0.3 is 0 Å². The molecule has 1 aliphatic carbocycles. The van der Waals surface area contributed by atoms with Crippen molar-refractivity contribution < 1.29 is 9.59 Å². The Morgan fingerprint density at radius 2 is 2.10 bits per heavy atom.